The molecule has 0 aromatic carbocycles. The van der Waals surface area contributed by atoms with Crippen LogP contribution in [0.3, 0.4) is 0 Å². The van der Waals surface area contributed by atoms with Crippen LogP contribution >= 0.6 is 15.6 Å². The van der Waals surface area contributed by atoms with Gasteiger partial charge in [0.15, 0.2) is 12.2 Å². The SMILES string of the molecule is CCCCCCCCCCCCCCCC(=O)OC[C@H](COP(=O)(O)OC[C@H](O)COP(=O)(O)OC[C@@H](COC(=O)CCCCCCCCCCCCCCC(C)C)OC(=O)CCCCCCCCCCCCCCC(C)C)OC(=O)CCCCCCCCCCCCCCC. The molecule has 0 spiro atoms. The van der Waals surface area contributed by atoms with E-state index in [0.29, 0.717) is 25.7 Å². The molecule has 0 amide bonds. The molecule has 0 saturated heterocycles. The van der Waals surface area contributed by atoms with Gasteiger partial charge in [-0.15, -0.1) is 0 Å². The van der Waals surface area contributed by atoms with E-state index >= 15 is 0 Å². The Kier molecular flexibility index (Phi) is 67.4. The van der Waals surface area contributed by atoms with Gasteiger partial charge in [0.05, 0.1) is 26.4 Å². The summed E-state index contributed by atoms with van der Waals surface area (Å²) < 4.78 is 68.6. The van der Waals surface area contributed by atoms with Crippen LogP contribution in [0.4, 0.5) is 0 Å². The molecule has 5 atom stereocenters. The number of hydrogen-bond acceptors (Lipinski definition) is 15. The number of esters is 4. The second-order valence-electron chi connectivity index (χ2n) is 28.7. The van der Waals surface area contributed by atoms with Gasteiger partial charge in [-0.1, -0.05) is 350 Å². The van der Waals surface area contributed by atoms with Crippen LogP contribution in [0.25, 0.3) is 0 Å². The Bertz CT molecular complexity index is 1860. The molecular formula is C77H150O17P2. The summed E-state index contributed by atoms with van der Waals surface area (Å²) >= 11 is 0. The zero-order chi connectivity index (χ0) is 70.7. The van der Waals surface area contributed by atoms with Crippen LogP contribution in [0, 0.1) is 11.8 Å². The summed E-state index contributed by atoms with van der Waals surface area (Å²) in [5, 5.41) is 10.6. The Morgan fingerprint density at radius 3 is 0.708 bits per heavy atom. The van der Waals surface area contributed by atoms with E-state index in [1.807, 2.05) is 0 Å². The third kappa shape index (κ3) is 70.5. The highest BCUT2D eigenvalue weighted by atomic mass is 31.2. The number of ether oxygens (including phenoxy) is 4. The lowest BCUT2D eigenvalue weighted by Crippen LogP contribution is -2.30. The lowest BCUT2D eigenvalue weighted by Gasteiger charge is -2.21. The number of aliphatic hydroxyl groups excluding tert-OH is 1. The molecule has 0 aromatic heterocycles. The van der Waals surface area contributed by atoms with Gasteiger partial charge in [-0.3, -0.25) is 37.3 Å². The smallest absolute Gasteiger partial charge is 0.462 e. The molecule has 0 saturated carbocycles. The molecule has 3 N–H and O–H groups in total. The molecule has 0 rings (SSSR count). The number of phosphoric acid groups is 2. The fourth-order valence-electron chi connectivity index (χ4n) is 11.8. The van der Waals surface area contributed by atoms with Crippen molar-refractivity contribution >= 4 is 39.5 Å². The third-order valence-electron chi connectivity index (χ3n) is 18.0. The number of aliphatic hydroxyl groups is 1. The first-order chi connectivity index (χ1) is 46.4. The second-order valence-corrected chi connectivity index (χ2v) is 31.6. The molecule has 0 aliphatic rings. The average Bonchev–Trinajstić information content (AvgIpc) is 1.65. The molecule has 0 aliphatic heterocycles. The lowest BCUT2D eigenvalue weighted by atomic mass is 10.0. The van der Waals surface area contributed by atoms with Gasteiger partial charge in [0.2, 0.25) is 0 Å². The van der Waals surface area contributed by atoms with E-state index in [1.165, 1.54) is 218 Å². The number of carbonyl (C=O) groups excluding carboxylic acids is 4. The summed E-state index contributed by atoms with van der Waals surface area (Å²) in [6.07, 6.45) is 56.6. The van der Waals surface area contributed by atoms with Crippen LogP contribution in [0.1, 0.15) is 401 Å². The highest BCUT2D eigenvalue weighted by molar-refractivity contribution is 7.47. The first-order valence-electron chi connectivity index (χ1n) is 40.0. The van der Waals surface area contributed by atoms with Gasteiger partial charge in [0, 0.05) is 25.7 Å². The van der Waals surface area contributed by atoms with E-state index in [1.54, 1.807) is 0 Å². The van der Waals surface area contributed by atoms with E-state index < -0.39 is 97.5 Å². The van der Waals surface area contributed by atoms with Crippen molar-refractivity contribution in [3.8, 4) is 0 Å². The fourth-order valence-corrected chi connectivity index (χ4v) is 13.4. The summed E-state index contributed by atoms with van der Waals surface area (Å²) in [5.41, 5.74) is 0. The van der Waals surface area contributed by atoms with Crippen LogP contribution < -0.4 is 0 Å². The Morgan fingerprint density at radius 1 is 0.281 bits per heavy atom. The number of phosphoric ester groups is 2. The van der Waals surface area contributed by atoms with Crippen molar-refractivity contribution in [2.75, 3.05) is 39.6 Å². The Hall–Kier alpha value is -1.94. The molecule has 19 heteroatoms. The largest absolute Gasteiger partial charge is 0.472 e. The Labute approximate surface area is 588 Å². The maximum absolute atomic E-state index is 13.1. The maximum atomic E-state index is 13.1. The third-order valence-corrected chi connectivity index (χ3v) is 19.9. The van der Waals surface area contributed by atoms with Gasteiger partial charge in [0.1, 0.15) is 19.3 Å². The standard InChI is InChI=1S/C77H150O17P2/c1-7-9-11-13-15-17-19-21-29-35-41-47-53-59-74(79)87-65-72(93-76(81)61-55-49-43-37-31-22-20-18-16-14-12-10-8-2)67-91-95(83,84)89-63-71(78)64-90-96(85,86)92-68-73(94-77(82)62-56-50-44-38-32-26-24-28-34-40-46-52-58-70(5)6)66-88-75(80)60-54-48-42-36-30-25-23-27-33-39-45-51-57-69(3)4/h69-73,78H,7-68H2,1-6H3,(H,83,84)(H,85,86)/t71-,72+,73+/m0/s1. The number of unbranched alkanes of at least 4 members (excludes halogenated alkanes) is 46. The van der Waals surface area contributed by atoms with E-state index in [-0.39, 0.29) is 25.7 Å². The minimum atomic E-state index is -4.96. The van der Waals surface area contributed by atoms with Crippen molar-refractivity contribution in [2.45, 2.75) is 419 Å². The predicted molar refractivity (Wildman–Crippen MR) is 391 cm³/mol. The number of rotatable bonds is 76. The fraction of sp³-hybridized carbons (Fsp3) is 0.948. The highest BCUT2D eigenvalue weighted by Gasteiger charge is 2.30. The molecule has 2 unspecified atom stereocenters. The van der Waals surface area contributed by atoms with Crippen molar-refractivity contribution in [1.29, 1.82) is 0 Å². The van der Waals surface area contributed by atoms with Crippen molar-refractivity contribution in [3.63, 3.8) is 0 Å². The summed E-state index contributed by atoms with van der Waals surface area (Å²) in [7, 11) is -9.91. The maximum Gasteiger partial charge on any atom is 0.472 e. The molecular weight excluding hydrogens is 1260 g/mol. The predicted octanol–water partition coefficient (Wildman–Crippen LogP) is 22.7. The van der Waals surface area contributed by atoms with Gasteiger partial charge >= 0.3 is 39.5 Å². The first-order valence-corrected chi connectivity index (χ1v) is 43.0. The summed E-state index contributed by atoms with van der Waals surface area (Å²) in [6, 6.07) is 0. The van der Waals surface area contributed by atoms with E-state index in [0.717, 1.165) is 102 Å². The van der Waals surface area contributed by atoms with Crippen LogP contribution in [-0.2, 0) is 65.4 Å². The Balaban J connectivity index is 5.27. The van der Waals surface area contributed by atoms with Crippen LogP contribution in [0.15, 0.2) is 0 Å². The van der Waals surface area contributed by atoms with Crippen molar-refractivity contribution in [3.05, 3.63) is 0 Å². The molecule has 96 heavy (non-hydrogen) atoms. The minimum Gasteiger partial charge on any atom is -0.462 e. The number of carbonyl (C=O) groups is 4. The van der Waals surface area contributed by atoms with Gasteiger partial charge in [-0.05, 0) is 37.5 Å². The molecule has 17 nitrogen and oxygen atoms in total. The molecule has 0 heterocycles. The molecule has 0 aliphatic carbocycles. The first kappa shape index (κ1) is 94.1. The van der Waals surface area contributed by atoms with Gasteiger partial charge in [-0.2, -0.15) is 0 Å². The Morgan fingerprint density at radius 2 is 0.479 bits per heavy atom. The topological polar surface area (TPSA) is 237 Å². The van der Waals surface area contributed by atoms with Crippen molar-refractivity contribution in [1.82, 2.24) is 0 Å². The summed E-state index contributed by atoms with van der Waals surface area (Å²) in [4.78, 5) is 72.9. The van der Waals surface area contributed by atoms with E-state index in [2.05, 4.69) is 41.5 Å². The van der Waals surface area contributed by atoms with E-state index in [9.17, 15) is 43.2 Å². The minimum absolute atomic E-state index is 0.107. The molecule has 570 valence electrons. The van der Waals surface area contributed by atoms with Gasteiger partial charge < -0.3 is 33.8 Å². The van der Waals surface area contributed by atoms with Crippen molar-refractivity contribution in [2.24, 2.45) is 11.8 Å². The van der Waals surface area contributed by atoms with E-state index in [4.69, 9.17) is 37.0 Å². The van der Waals surface area contributed by atoms with Crippen LogP contribution in [0.2, 0.25) is 0 Å². The monoisotopic (exact) mass is 1410 g/mol. The summed E-state index contributed by atoms with van der Waals surface area (Å²) in [6.45, 7) is 9.64. The average molecular weight is 1410 g/mol. The summed E-state index contributed by atoms with van der Waals surface area (Å²) in [5.74, 6) is -0.552. The molecule has 0 fully saturated rings. The quantitative estimate of drug-likeness (QED) is 0.0222. The van der Waals surface area contributed by atoms with Gasteiger partial charge in [-0.25, -0.2) is 9.13 Å². The van der Waals surface area contributed by atoms with Gasteiger partial charge in [0.25, 0.3) is 0 Å². The lowest BCUT2D eigenvalue weighted by molar-refractivity contribution is -0.161. The number of hydrogen-bond donors (Lipinski definition) is 3. The zero-order valence-electron chi connectivity index (χ0n) is 62.7. The zero-order valence-corrected chi connectivity index (χ0v) is 64.5. The van der Waals surface area contributed by atoms with Crippen LogP contribution in [-0.4, -0.2) is 96.7 Å². The molecule has 0 aromatic rings. The second kappa shape index (κ2) is 68.8. The van der Waals surface area contributed by atoms with Crippen molar-refractivity contribution < 1.29 is 80.2 Å². The molecule has 0 bridgehead atoms. The highest BCUT2D eigenvalue weighted by Crippen LogP contribution is 2.45. The normalized spacial score (nSPS) is 14.0. The van der Waals surface area contributed by atoms with Crippen LogP contribution in [0.5, 0.6) is 0 Å². The molecule has 0 radical (unpaired) electrons.